The summed E-state index contributed by atoms with van der Waals surface area (Å²) in [6, 6.07) is 17.2. The maximum Gasteiger partial charge on any atom is 0.338 e. The van der Waals surface area contributed by atoms with E-state index in [2.05, 4.69) is 4.90 Å². The smallest absolute Gasteiger partial charge is 0.338 e. The molecule has 6 rings (SSSR count). The van der Waals surface area contributed by atoms with E-state index in [1.165, 1.54) is 30.6 Å². The van der Waals surface area contributed by atoms with Gasteiger partial charge >= 0.3 is 5.97 Å². The van der Waals surface area contributed by atoms with Crippen molar-refractivity contribution in [3.05, 3.63) is 103 Å². The number of aromatic nitrogens is 1. The summed E-state index contributed by atoms with van der Waals surface area (Å²) >= 11 is 1.31. The van der Waals surface area contributed by atoms with Gasteiger partial charge in [-0.2, -0.15) is 0 Å². The van der Waals surface area contributed by atoms with E-state index in [1.807, 2.05) is 54.6 Å². The zero-order chi connectivity index (χ0) is 26.9. The fraction of sp³-hybridized carbons (Fsp3) is 0.323. The SMILES string of the molecule is CCOC(=O)C1=C(C)N=c2s/c(=C/c3ccc(CN4CCCCC4)o3)c(=O)n2[C@H]1c1cccc2ccccc12. The minimum absolute atomic E-state index is 0.208. The first-order valence-corrected chi connectivity index (χ1v) is 14.3. The number of hydrogen-bond donors (Lipinski definition) is 0. The standard InChI is InChI=1S/C31H31N3O4S/c1-3-37-30(36)27-20(2)32-31-34(28(27)25-13-9-11-21-10-5-6-12-24(21)25)29(35)26(39-31)18-22-14-15-23(38-22)19-33-16-7-4-8-17-33/h5-6,9-15,18,28H,3-4,7-8,16-17,19H2,1-2H3/b26-18+/t28-/m0/s1. The molecule has 0 bridgehead atoms. The predicted molar refractivity (Wildman–Crippen MR) is 152 cm³/mol. The Morgan fingerprint density at radius 1 is 1.10 bits per heavy atom. The molecule has 2 aliphatic heterocycles. The molecule has 0 N–H and O–H groups in total. The lowest BCUT2D eigenvalue weighted by Crippen LogP contribution is -2.40. The van der Waals surface area contributed by atoms with Gasteiger partial charge in [0.1, 0.15) is 11.5 Å². The molecular formula is C31H31N3O4S. The number of rotatable bonds is 6. The van der Waals surface area contributed by atoms with Crippen molar-refractivity contribution in [1.82, 2.24) is 9.47 Å². The first-order valence-electron chi connectivity index (χ1n) is 13.5. The molecule has 0 amide bonds. The molecule has 39 heavy (non-hydrogen) atoms. The number of likely N-dealkylation sites (tertiary alicyclic amines) is 1. The van der Waals surface area contributed by atoms with E-state index in [4.69, 9.17) is 14.1 Å². The number of piperidine rings is 1. The molecular weight excluding hydrogens is 510 g/mol. The molecule has 1 atom stereocenters. The predicted octanol–water partition coefficient (Wildman–Crippen LogP) is 4.53. The Hall–Kier alpha value is -3.75. The van der Waals surface area contributed by atoms with Crippen molar-refractivity contribution >= 4 is 34.2 Å². The van der Waals surface area contributed by atoms with Crippen LogP contribution in [0.2, 0.25) is 0 Å². The Morgan fingerprint density at radius 2 is 1.90 bits per heavy atom. The number of fused-ring (bicyclic) bond motifs is 2. The van der Waals surface area contributed by atoms with Crippen LogP contribution in [0.1, 0.15) is 56.2 Å². The zero-order valence-corrected chi connectivity index (χ0v) is 23.0. The summed E-state index contributed by atoms with van der Waals surface area (Å²) in [5, 5.41) is 2.01. The number of esters is 1. The maximum absolute atomic E-state index is 14.0. The van der Waals surface area contributed by atoms with Crippen molar-refractivity contribution in [3.8, 4) is 0 Å². The molecule has 7 nitrogen and oxygen atoms in total. The highest BCUT2D eigenvalue weighted by molar-refractivity contribution is 7.07. The summed E-state index contributed by atoms with van der Waals surface area (Å²) in [4.78, 5) is 34.8. The van der Waals surface area contributed by atoms with Crippen LogP contribution in [0.5, 0.6) is 0 Å². The van der Waals surface area contributed by atoms with Gasteiger partial charge in [0.2, 0.25) is 0 Å². The molecule has 2 aliphatic rings. The van der Waals surface area contributed by atoms with Gasteiger partial charge in [-0.15, -0.1) is 0 Å². The highest BCUT2D eigenvalue weighted by Gasteiger charge is 2.34. The maximum atomic E-state index is 14.0. The molecule has 4 aromatic rings. The molecule has 4 heterocycles. The number of furan rings is 1. The summed E-state index contributed by atoms with van der Waals surface area (Å²) in [5.41, 5.74) is 1.59. The summed E-state index contributed by atoms with van der Waals surface area (Å²) in [6.07, 6.45) is 5.52. The van der Waals surface area contributed by atoms with Crippen molar-refractivity contribution in [2.75, 3.05) is 19.7 Å². The van der Waals surface area contributed by atoms with Crippen molar-refractivity contribution in [3.63, 3.8) is 0 Å². The van der Waals surface area contributed by atoms with Gasteiger partial charge in [-0.1, -0.05) is 60.2 Å². The number of hydrogen-bond acceptors (Lipinski definition) is 7. The molecule has 0 saturated carbocycles. The van der Waals surface area contributed by atoms with Crippen molar-refractivity contribution < 1.29 is 13.9 Å². The first kappa shape index (κ1) is 25.5. The summed E-state index contributed by atoms with van der Waals surface area (Å²) in [6.45, 7) is 6.77. The first-order chi connectivity index (χ1) is 19.0. The number of benzene rings is 2. The molecule has 0 spiro atoms. The van der Waals surface area contributed by atoms with Gasteiger partial charge in [-0.3, -0.25) is 14.3 Å². The molecule has 8 heteroatoms. The van der Waals surface area contributed by atoms with Crippen LogP contribution in [-0.4, -0.2) is 35.1 Å². The van der Waals surface area contributed by atoms with Crippen LogP contribution in [0.15, 0.2) is 80.1 Å². The van der Waals surface area contributed by atoms with Gasteiger partial charge in [-0.25, -0.2) is 9.79 Å². The molecule has 2 aromatic heterocycles. The monoisotopic (exact) mass is 541 g/mol. The highest BCUT2D eigenvalue weighted by Crippen LogP contribution is 2.34. The Bertz CT molecular complexity index is 1750. The molecule has 1 saturated heterocycles. The zero-order valence-electron chi connectivity index (χ0n) is 22.2. The van der Waals surface area contributed by atoms with E-state index < -0.39 is 12.0 Å². The number of carbonyl (C=O) groups is 1. The minimum atomic E-state index is -0.653. The summed E-state index contributed by atoms with van der Waals surface area (Å²) < 4.78 is 13.7. The third-order valence-electron chi connectivity index (χ3n) is 7.42. The Kier molecular flexibility index (Phi) is 7.06. The quantitative estimate of drug-likeness (QED) is 0.335. The normalized spacial score (nSPS) is 18.3. The van der Waals surface area contributed by atoms with Crippen molar-refractivity contribution in [1.29, 1.82) is 0 Å². The van der Waals surface area contributed by atoms with Crippen LogP contribution in [0, 0.1) is 0 Å². The van der Waals surface area contributed by atoms with Gasteiger partial charge < -0.3 is 9.15 Å². The largest absolute Gasteiger partial charge is 0.463 e. The molecule has 0 unspecified atom stereocenters. The van der Waals surface area contributed by atoms with Crippen LogP contribution in [0.3, 0.4) is 0 Å². The lowest BCUT2D eigenvalue weighted by atomic mass is 9.91. The molecule has 200 valence electrons. The minimum Gasteiger partial charge on any atom is -0.463 e. The van der Waals surface area contributed by atoms with Crippen LogP contribution >= 0.6 is 11.3 Å². The number of allylic oxidation sites excluding steroid dienone is 1. The van der Waals surface area contributed by atoms with Gasteiger partial charge in [0.15, 0.2) is 4.80 Å². The van der Waals surface area contributed by atoms with Gasteiger partial charge in [0, 0.05) is 6.08 Å². The Balaban J connectivity index is 1.46. The number of ether oxygens (including phenoxy) is 1. The molecule has 1 fully saturated rings. The lowest BCUT2D eigenvalue weighted by molar-refractivity contribution is -0.139. The number of thiazole rings is 1. The highest BCUT2D eigenvalue weighted by atomic mass is 32.1. The van der Waals surface area contributed by atoms with E-state index in [0.29, 0.717) is 26.4 Å². The fourth-order valence-electron chi connectivity index (χ4n) is 5.60. The Labute approximate surface area is 230 Å². The average Bonchev–Trinajstić information content (AvgIpc) is 3.51. The van der Waals surface area contributed by atoms with Gasteiger partial charge in [-0.05, 0) is 68.2 Å². The molecule has 2 aromatic carbocycles. The van der Waals surface area contributed by atoms with E-state index in [-0.39, 0.29) is 12.2 Å². The summed E-state index contributed by atoms with van der Waals surface area (Å²) in [7, 11) is 0. The Morgan fingerprint density at radius 3 is 2.72 bits per heavy atom. The summed E-state index contributed by atoms with van der Waals surface area (Å²) in [5.74, 6) is 1.07. The second-order valence-electron chi connectivity index (χ2n) is 10.0. The third kappa shape index (κ3) is 4.90. The fourth-order valence-corrected chi connectivity index (χ4v) is 6.63. The van der Waals surface area contributed by atoms with Crippen LogP contribution in [-0.2, 0) is 16.1 Å². The molecule has 0 radical (unpaired) electrons. The van der Waals surface area contributed by atoms with Crippen LogP contribution in [0.4, 0.5) is 0 Å². The van der Waals surface area contributed by atoms with E-state index >= 15 is 0 Å². The van der Waals surface area contributed by atoms with Gasteiger partial charge in [0.05, 0.1) is 35.0 Å². The van der Waals surface area contributed by atoms with Crippen LogP contribution in [0.25, 0.3) is 16.8 Å². The second-order valence-corrected chi connectivity index (χ2v) is 11.0. The van der Waals surface area contributed by atoms with Gasteiger partial charge in [0.25, 0.3) is 5.56 Å². The van der Waals surface area contributed by atoms with E-state index in [1.54, 1.807) is 24.5 Å². The third-order valence-corrected chi connectivity index (χ3v) is 8.40. The van der Waals surface area contributed by atoms with E-state index in [9.17, 15) is 9.59 Å². The lowest BCUT2D eigenvalue weighted by Gasteiger charge is -2.25. The molecule has 0 aliphatic carbocycles. The second kappa shape index (κ2) is 10.8. The number of carbonyl (C=O) groups excluding carboxylic acids is 1. The van der Waals surface area contributed by atoms with Crippen molar-refractivity contribution in [2.45, 2.75) is 45.7 Å². The number of nitrogens with zero attached hydrogens (tertiary/aromatic N) is 3. The van der Waals surface area contributed by atoms with Crippen molar-refractivity contribution in [2.24, 2.45) is 4.99 Å². The topological polar surface area (TPSA) is 77.0 Å². The van der Waals surface area contributed by atoms with Crippen LogP contribution < -0.4 is 14.9 Å². The average molecular weight is 542 g/mol. The van der Waals surface area contributed by atoms with E-state index in [0.717, 1.165) is 41.7 Å².